The minimum Gasteiger partial charge on any atom is -0.481 e. The van der Waals surface area contributed by atoms with Crippen LogP contribution < -0.4 is 5.32 Å². The van der Waals surface area contributed by atoms with E-state index in [2.05, 4.69) is 5.32 Å². The number of nitrogens with one attached hydrogen (secondary N) is 1. The number of carbonyl (C=O) groups excluding carboxylic acids is 2. The summed E-state index contributed by atoms with van der Waals surface area (Å²) >= 11 is 0. The number of carboxylic acids is 1. The van der Waals surface area contributed by atoms with Gasteiger partial charge in [0.05, 0.1) is 38.6 Å². The Kier molecular flexibility index (Phi) is 6.25. The van der Waals surface area contributed by atoms with Crippen molar-refractivity contribution in [2.24, 2.45) is 0 Å². The second-order valence-electron chi connectivity index (χ2n) is 5.50. The van der Waals surface area contributed by atoms with Crippen molar-refractivity contribution in [2.75, 3.05) is 26.3 Å². The summed E-state index contributed by atoms with van der Waals surface area (Å²) in [5, 5.41) is 11.4. The third-order valence-electron chi connectivity index (χ3n) is 3.65. The third kappa shape index (κ3) is 5.31. The molecule has 1 aliphatic rings. The predicted octanol–water partition coefficient (Wildman–Crippen LogP) is 0.186. The third-order valence-corrected chi connectivity index (χ3v) is 3.65. The van der Waals surface area contributed by atoms with Gasteiger partial charge in [0, 0.05) is 6.54 Å². The first-order valence-corrected chi connectivity index (χ1v) is 7.56. The SMILES string of the molecule is O=C(O)CC1COCCN1C(=O)CNC(=O)Cc1cccc(F)c1. The Morgan fingerprint density at radius 3 is 2.88 bits per heavy atom. The van der Waals surface area contributed by atoms with E-state index in [0.717, 1.165) is 0 Å². The molecule has 0 radical (unpaired) electrons. The molecule has 0 spiro atoms. The second kappa shape index (κ2) is 8.39. The Morgan fingerprint density at radius 2 is 2.17 bits per heavy atom. The number of hydrogen-bond donors (Lipinski definition) is 2. The predicted molar refractivity (Wildman–Crippen MR) is 81.7 cm³/mol. The molecule has 0 aromatic heterocycles. The Morgan fingerprint density at radius 1 is 1.38 bits per heavy atom. The van der Waals surface area contributed by atoms with Crippen LogP contribution in [0.1, 0.15) is 12.0 Å². The lowest BCUT2D eigenvalue weighted by molar-refractivity contribution is -0.146. The van der Waals surface area contributed by atoms with E-state index in [1.54, 1.807) is 6.07 Å². The molecule has 7 nitrogen and oxygen atoms in total. The lowest BCUT2D eigenvalue weighted by Crippen LogP contribution is -2.52. The topological polar surface area (TPSA) is 95.9 Å². The van der Waals surface area contributed by atoms with Gasteiger partial charge in [0.1, 0.15) is 5.82 Å². The smallest absolute Gasteiger partial charge is 0.305 e. The van der Waals surface area contributed by atoms with Crippen LogP contribution in [-0.4, -0.2) is 60.1 Å². The van der Waals surface area contributed by atoms with Crippen molar-refractivity contribution in [1.29, 1.82) is 0 Å². The van der Waals surface area contributed by atoms with E-state index in [0.29, 0.717) is 12.2 Å². The van der Waals surface area contributed by atoms with Crippen LogP contribution in [-0.2, 0) is 25.5 Å². The number of rotatable bonds is 6. The molecule has 1 saturated heterocycles. The minimum absolute atomic E-state index is 0.0350. The molecule has 2 amide bonds. The Bertz CT molecular complexity index is 622. The molecule has 8 heteroatoms. The van der Waals surface area contributed by atoms with Crippen LogP contribution in [0.15, 0.2) is 24.3 Å². The summed E-state index contributed by atoms with van der Waals surface area (Å²) in [7, 11) is 0. The average molecular weight is 338 g/mol. The molecule has 1 fully saturated rings. The van der Waals surface area contributed by atoms with E-state index >= 15 is 0 Å². The number of aliphatic carboxylic acids is 1. The van der Waals surface area contributed by atoms with Crippen LogP contribution in [0.5, 0.6) is 0 Å². The first-order valence-electron chi connectivity index (χ1n) is 7.56. The average Bonchev–Trinajstić information content (AvgIpc) is 2.52. The lowest BCUT2D eigenvalue weighted by atomic mass is 10.1. The van der Waals surface area contributed by atoms with Crippen LogP contribution in [0.4, 0.5) is 4.39 Å². The molecule has 1 atom stereocenters. The Labute approximate surface area is 138 Å². The molecule has 1 aromatic carbocycles. The van der Waals surface area contributed by atoms with Gasteiger partial charge >= 0.3 is 5.97 Å². The van der Waals surface area contributed by atoms with Gasteiger partial charge in [-0.05, 0) is 17.7 Å². The molecule has 24 heavy (non-hydrogen) atoms. The van der Waals surface area contributed by atoms with E-state index in [1.807, 2.05) is 0 Å². The summed E-state index contributed by atoms with van der Waals surface area (Å²) < 4.78 is 18.3. The number of nitrogens with zero attached hydrogens (tertiary/aromatic N) is 1. The first-order chi connectivity index (χ1) is 11.5. The van der Waals surface area contributed by atoms with Gasteiger partial charge in [-0.3, -0.25) is 14.4 Å². The number of benzene rings is 1. The second-order valence-corrected chi connectivity index (χ2v) is 5.50. The molecule has 130 valence electrons. The van der Waals surface area contributed by atoms with Gasteiger partial charge in [-0.1, -0.05) is 12.1 Å². The lowest BCUT2D eigenvalue weighted by Gasteiger charge is -2.34. The van der Waals surface area contributed by atoms with Crippen LogP contribution in [0.2, 0.25) is 0 Å². The van der Waals surface area contributed by atoms with Gasteiger partial charge < -0.3 is 20.1 Å². The molecule has 1 unspecified atom stereocenters. The van der Waals surface area contributed by atoms with E-state index < -0.39 is 23.7 Å². The molecule has 2 N–H and O–H groups in total. The molecule has 1 aromatic rings. The molecule has 0 aliphatic carbocycles. The summed E-state index contributed by atoms with van der Waals surface area (Å²) in [6.07, 6.45) is -0.240. The number of morpholine rings is 1. The highest BCUT2D eigenvalue weighted by Crippen LogP contribution is 2.11. The number of amides is 2. The van der Waals surface area contributed by atoms with Crippen molar-refractivity contribution in [3.63, 3.8) is 0 Å². The van der Waals surface area contributed by atoms with E-state index in [-0.39, 0.29) is 38.4 Å². The summed E-state index contributed by atoms with van der Waals surface area (Å²) in [6.45, 7) is 0.551. The molecule has 1 aliphatic heterocycles. The monoisotopic (exact) mass is 338 g/mol. The van der Waals surface area contributed by atoms with E-state index in [9.17, 15) is 18.8 Å². The summed E-state index contributed by atoms with van der Waals surface area (Å²) in [5.74, 6) is -2.21. The van der Waals surface area contributed by atoms with Crippen LogP contribution in [0, 0.1) is 5.82 Å². The van der Waals surface area contributed by atoms with Crippen LogP contribution >= 0.6 is 0 Å². The normalized spacial score (nSPS) is 17.4. The quantitative estimate of drug-likeness (QED) is 0.772. The zero-order valence-electron chi connectivity index (χ0n) is 13.0. The van der Waals surface area contributed by atoms with Crippen molar-refractivity contribution in [2.45, 2.75) is 18.9 Å². The minimum atomic E-state index is -1.02. The maximum Gasteiger partial charge on any atom is 0.305 e. The number of carboxylic acid groups (broad SMARTS) is 1. The fraction of sp³-hybridized carbons (Fsp3) is 0.438. The molecular weight excluding hydrogens is 319 g/mol. The van der Waals surface area contributed by atoms with Crippen molar-refractivity contribution >= 4 is 17.8 Å². The standard InChI is InChI=1S/C16H19FN2O5/c17-12-3-1-2-11(6-12)7-14(20)18-9-15(21)19-4-5-24-10-13(19)8-16(22)23/h1-3,6,13H,4-5,7-10H2,(H,18,20)(H,22,23). The zero-order chi connectivity index (χ0) is 17.5. The van der Waals surface area contributed by atoms with Gasteiger partial charge in [0.25, 0.3) is 0 Å². The van der Waals surface area contributed by atoms with Crippen LogP contribution in [0.3, 0.4) is 0 Å². The summed E-state index contributed by atoms with van der Waals surface area (Å²) in [4.78, 5) is 36.3. The fourth-order valence-electron chi connectivity index (χ4n) is 2.52. The Hall–Kier alpha value is -2.48. The summed E-state index contributed by atoms with van der Waals surface area (Å²) in [5.41, 5.74) is 0.509. The number of ether oxygens (including phenoxy) is 1. The molecule has 0 bridgehead atoms. The zero-order valence-corrected chi connectivity index (χ0v) is 13.0. The van der Waals surface area contributed by atoms with Crippen molar-refractivity contribution < 1.29 is 28.6 Å². The van der Waals surface area contributed by atoms with Crippen molar-refractivity contribution in [1.82, 2.24) is 10.2 Å². The molecule has 0 saturated carbocycles. The van der Waals surface area contributed by atoms with Crippen molar-refractivity contribution in [3.8, 4) is 0 Å². The highest BCUT2D eigenvalue weighted by molar-refractivity contribution is 5.86. The largest absolute Gasteiger partial charge is 0.481 e. The molecule has 1 heterocycles. The van der Waals surface area contributed by atoms with Crippen molar-refractivity contribution in [3.05, 3.63) is 35.6 Å². The maximum atomic E-state index is 13.1. The number of carbonyl (C=O) groups is 3. The first kappa shape index (κ1) is 17.9. The van der Waals surface area contributed by atoms with E-state index in [4.69, 9.17) is 9.84 Å². The molecular formula is C16H19FN2O5. The highest BCUT2D eigenvalue weighted by atomic mass is 19.1. The summed E-state index contributed by atoms with van der Waals surface area (Å²) in [6, 6.07) is 5.13. The van der Waals surface area contributed by atoms with E-state index in [1.165, 1.54) is 23.1 Å². The van der Waals surface area contributed by atoms with Gasteiger partial charge in [0.2, 0.25) is 11.8 Å². The van der Waals surface area contributed by atoms with Crippen LogP contribution in [0.25, 0.3) is 0 Å². The van der Waals surface area contributed by atoms with Gasteiger partial charge in [-0.15, -0.1) is 0 Å². The fourth-order valence-corrected chi connectivity index (χ4v) is 2.52. The Balaban J connectivity index is 1.84. The van der Waals surface area contributed by atoms with Gasteiger partial charge in [-0.25, -0.2) is 4.39 Å². The maximum absolute atomic E-state index is 13.1. The number of halogens is 1. The molecule has 2 rings (SSSR count). The number of hydrogen-bond acceptors (Lipinski definition) is 4. The van der Waals surface area contributed by atoms with Gasteiger partial charge in [-0.2, -0.15) is 0 Å². The van der Waals surface area contributed by atoms with Gasteiger partial charge in [0.15, 0.2) is 0 Å². The highest BCUT2D eigenvalue weighted by Gasteiger charge is 2.29.